The fourth-order valence-electron chi connectivity index (χ4n) is 2.18. The van der Waals surface area contributed by atoms with Crippen LogP contribution in [-0.4, -0.2) is 30.4 Å². The van der Waals surface area contributed by atoms with Gasteiger partial charge in [-0.3, -0.25) is 10.1 Å². The smallest absolute Gasteiger partial charge is 0.269 e. The van der Waals surface area contributed by atoms with Gasteiger partial charge < -0.3 is 10.2 Å². The Labute approximate surface area is 162 Å². The summed E-state index contributed by atoms with van der Waals surface area (Å²) in [5.74, 6) is 1.16. The Morgan fingerprint density at radius 1 is 1.07 bits per heavy atom. The molecule has 0 saturated carbocycles. The van der Waals surface area contributed by atoms with Gasteiger partial charge in [0.25, 0.3) is 5.69 Å². The topological polar surface area (TPSA) is 144 Å². The van der Waals surface area contributed by atoms with Crippen LogP contribution in [0.5, 0.6) is 0 Å². The van der Waals surface area contributed by atoms with Gasteiger partial charge in [-0.1, -0.05) is 18.2 Å². The third-order valence-corrected chi connectivity index (χ3v) is 3.46. The van der Waals surface area contributed by atoms with E-state index in [0.717, 1.165) is 11.4 Å². The van der Waals surface area contributed by atoms with Gasteiger partial charge in [0.1, 0.15) is 5.82 Å². The highest BCUT2D eigenvalue weighted by Gasteiger charge is 2.10. The van der Waals surface area contributed by atoms with E-state index < -0.39 is 15.8 Å². The number of nitrogens with one attached hydrogen (secondary N) is 1. The van der Waals surface area contributed by atoms with Gasteiger partial charge in [-0.05, 0) is 30.3 Å². The lowest BCUT2D eigenvalue weighted by Gasteiger charge is -2.18. The molecule has 3 N–H and O–H groups in total. The number of nitrogens with zero attached hydrogens (tertiary/aromatic N) is 4. The fourth-order valence-corrected chi connectivity index (χ4v) is 2.18. The quantitative estimate of drug-likeness (QED) is 0.335. The van der Waals surface area contributed by atoms with Crippen LogP contribution in [0.15, 0.2) is 66.9 Å². The van der Waals surface area contributed by atoms with Crippen molar-refractivity contribution in [1.82, 2.24) is 9.97 Å². The lowest BCUT2D eigenvalue weighted by atomic mass is 10.2. The van der Waals surface area contributed by atoms with Gasteiger partial charge in [0.05, 0.1) is 4.92 Å². The van der Waals surface area contributed by atoms with Crippen molar-refractivity contribution in [2.45, 2.75) is 0 Å². The normalized spacial score (nSPS) is 9.96. The molecule has 10 nitrogen and oxygen atoms in total. The summed E-state index contributed by atoms with van der Waals surface area (Å²) in [7, 11) is -0.777. The first-order valence-corrected chi connectivity index (χ1v) is 9.14. The number of rotatable bonds is 5. The molecule has 0 unspecified atom stereocenters. The summed E-state index contributed by atoms with van der Waals surface area (Å²) in [4.78, 5) is 20.8. The van der Waals surface area contributed by atoms with Crippen molar-refractivity contribution in [2.75, 3.05) is 17.3 Å². The van der Waals surface area contributed by atoms with Crippen LogP contribution in [0.25, 0.3) is 0 Å². The van der Waals surface area contributed by atoms with Gasteiger partial charge >= 0.3 is 0 Å². The molecule has 0 atom stereocenters. The predicted octanol–water partition coefficient (Wildman–Crippen LogP) is 2.37. The molecule has 11 heteroatoms. The number of nitrogens with two attached hydrogens (primary N) is 1. The molecule has 0 spiro atoms. The summed E-state index contributed by atoms with van der Waals surface area (Å²) in [5.41, 5.74) is 1.75. The molecular weight excluding hydrogens is 384 g/mol. The van der Waals surface area contributed by atoms with Crippen LogP contribution >= 0.6 is 0 Å². The van der Waals surface area contributed by atoms with Crippen LogP contribution in [0, 0.1) is 10.1 Å². The van der Waals surface area contributed by atoms with E-state index in [-0.39, 0.29) is 5.69 Å². The SMILES string of the molecule is CN(c1ccc([N+](=O)[O-])cc1)c1ccnc(Nc2ccccc2)n1.N[SH](=O)=O. The van der Waals surface area contributed by atoms with Crippen molar-refractivity contribution in [3.05, 3.63) is 77.0 Å². The minimum atomic E-state index is -2.62. The Balaban J connectivity index is 0.000000640. The van der Waals surface area contributed by atoms with E-state index in [1.807, 2.05) is 42.3 Å². The maximum Gasteiger partial charge on any atom is 0.269 e. The van der Waals surface area contributed by atoms with Gasteiger partial charge in [-0.15, -0.1) is 0 Å². The Hall–Kier alpha value is -3.57. The predicted molar refractivity (Wildman–Crippen MR) is 107 cm³/mol. The second-order valence-corrected chi connectivity index (χ2v) is 5.92. The van der Waals surface area contributed by atoms with Gasteiger partial charge in [-0.2, -0.15) is 4.98 Å². The minimum absolute atomic E-state index is 0.0567. The molecule has 2 aromatic carbocycles. The summed E-state index contributed by atoms with van der Waals surface area (Å²) < 4.78 is 17.6. The largest absolute Gasteiger partial charge is 0.329 e. The van der Waals surface area contributed by atoms with Crippen molar-refractivity contribution < 1.29 is 13.3 Å². The second-order valence-electron chi connectivity index (χ2n) is 5.35. The summed E-state index contributed by atoms with van der Waals surface area (Å²) in [6, 6.07) is 17.7. The Morgan fingerprint density at radius 2 is 1.68 bits per heavy atom. The number of hydrogen-bond acceptors (Lipinski definition) is 8. The van der Waals surface area contributed by atoms with Crippen molar-refractivity contribution in [3.63, 3.8) is 0 Å². The molecule has 0 aliphatic rings. The van der Waals surface area contributed by atoms with E-state index in [0.29, 0.717) is 11.8 Å². The van der Waals surface area contributed by atoms with E-state index in [2.05, 4.69) is 20.4 Å². The molecule has 3 aromatic rings. The van der Waals surface area contributed by atoms with Crippen molar-refractivity contribution >= 4 is 39.7 Å². The first kappa shape index (κ1) is 20.7. The van der Waals surface area contributed by atoms with Crippen molar-refractivity contribution in [1.29, 1.82) is 0 Å². The Bertz CT molecular complexity index is 988. The molecule has 0 bridgehead atoms. The highest BCUT2D eigenvalue weighted by atomic mass is 32.2. The number of para-hydroxylation sites is 1. The first-order valence-electron chi connectivity index (χ1n) is 7.89. The standard InChI is InChI=1S/C17H15N5O2.H3NO2S/c1-21(14-7-9-15(10-8-14)22(23)24)16-11-12-18-17(20-16)19-13-5-3-2-4-6-13;1-4(2)3/h2-12H,1H3,(H,18,19,20);4H,(H2,1,2,3). The van der Waals surface area contributed by atoms with Crippen molar-refractivity contribution in [2.24, 2.45) is 5.14 Å². The molecule has 146 valence electrons. The number of non-ortho nitro benzene ring substituents is 1. The zero-order valence-electron chi connectivity index (χ0n) is 14.8. The van der Waals surface area contributed by atoms with E-state index in [9.17, 15) is 10.1 Å². The van der Waals surface area contributed by atoms with Crippen molar-refractivity contribution in [3.8, 4) is 0 Å². The maximum absolute atomic E-state index is 10.7. The number of benzene rings is 2. The van der Waals surface area contributed by atoms with E-state index in [1.165, 1.54) is 12.1 Å². The number of thiol groups is 1. The zero-order chi connectivity index (χ0) is 20.5. The number of hydrogen-bond donors (Lipinski definition) is 3. The summed E-state index contributed by atoms with van der Waals surface area (Å²) in [5, 5.41) is 17.9. The third kappa shape index (κ3) is 6.30. The van der Waals surface area contributed by atoms with Gasteiger partial charge in [-0.25, -0.2) is 18.5 Å². The molecule has 3 rings (SSSR count). The molecule has 0 fully saturated rings. The average molecular weight is 402 g/mol. The molecular formula is C17H18N6O4S. The van der Waals surface area contributed by atoms with Gasteiger partial charge in [0, 0.05) is 36.8 Å². The van der Waals surface area contributed by atoms with Crippen LogP contribution in [0.3, 0.4) is 0 Å². The van der Waals surface area contributed by atoms with Crippen LogP contribution < -0.4 is 15.4 Å². The fraction of sp³-hybridized carbons (Fsp3) is 0.0588. The Morgan fingerprint density at radius 3 is 2.25 bits per heavy atom. The molecule has 0 radical (unpaired) electrons. The van der Waals surface area contributed by atoms with Gasteiger partial charge in [0.2, 0.25) is 5.95 Å². The summed E-state index contributed by atoms with van der Waals surface area (Å²) in [6.07, 6.45) is 1.66. The minimum Gasteiger partial charge on any atom is -0.329 e. The van der Waals surface area contributed by atoms with Crippen LogP contribution in [0.2, 0.25) is 0 Å². The molecule has 0 saturated heterocycles. The number of nitro groups is 1. The summed E-state index contributed by atoms with van der Waals surface area (Å²) in [6.45, 7) is 0. The van der Waals surface area contributed by atoms with E-state index >= 15 is 0 Å². The number of nitro benzene ring substituents is 1. The third-order valence-electron chi connectivity index (χ3n) is 3.46. The highest BCUT2D eigenvalue weighted by molar-refractivity contribution is 7.69. The molecule has 0 aliphatic heterocycles. The van der Waals surface area contributed by atoms with Gasteiger partial charge in [0.15, 0.2) is 10.9 Å². The molecule has 1 aromatic heterocycles. The highest BCUT2D eigenvalue weighted by Crippen LogP contribution is 2.25. The lowest BCUT2D eigenvalue weighted by Crippen LogP contribution is -2.12. The van der Waals surface area contributed by atoms with Crippen LogP contribution in [0.4, 0.5) is 28.8 Å². The molecule has 1 heterocycles. The molecule has 0 amide bonds. The lowest BCUT2D eigenvalue weighted by molar-refractivity contribution is -0.384. The molecule has 0 aliphatic carbocycles. The Kier molecular flexibility index (Phi) is 7.37. The van der Waals surface area contributed by atoms with Crippen LogP contribution in [0.1, 0.15) is 0 Å². The monoisotopic (exact) mass is 402 g/mol. The van der Waals surface area contributed by atoms with E-state index in [1.54, 1.807) is 24.4 Å². The maximum atomic E-state index is 10.7. The van der Waals surface area contributed by atoms with E-state index in [4.69, 9.17) is 8.42 Å². The zero-order valence-corrected chi connectivity index (χ0v) is 15.7. The molecule has 28 heavy (non-hydrogen) atoms. The number of aromatic nitrogens is 2. The second kappa shape index (κ2) is 9.94. The van der Waals surface area contributed by atoms with Crippen LogP contribution in [-0.2, 0) is 10.9 Å². The number of anilines is 4. The average Bonchev–Trinajstić information content (AvgIpc) is 2.68. The first-order chi connectivity index (χ1) is 13.4. The summed E-state index contributed by atoms with van der Waals surface area (Å²) >= 11 is 0.